The topological polar surface area (TPSA) is 81.8 Å². The fourth-order valence-electron chi connectivity index (χ4n) is 2.16. The smallest absolute Gasteiger partial charge is 0.363 e. The summed E-state index contributed by atoms with van der Waals surface area (Å²) in [7, 11) is 0. The van der Waals surface area contributed by atoms with E-state index in [-0.39, 0.29) is 17.3 Å². The average molecular weight is 308 g/mol. The number of carbonyl (C=O) groups excluding carboxylic acids is 1. The lowest BCUT2D eigenvalue weighted by atomic mass is 10.1. The van der Waals surface area contributed by atoms with Gasteiger partial charge < -0.3 is 4.74 Å². The zero-order chi connectivity index (χ0) is 16.4. The van der Waals surface area contributed by atoms with Crippen LogP contribution in [0.1, 0.15) is 16.7 Å². The van der Waals surface area contributed by atoms with Gasteiger partial charge in [0.1, 0.15) is 0 Å². The molecule has 0 atom stereocenters. The van der Waals surface area contributed by atoms with Gasteiger partial charge >= 0.3 is 5.97 Å². The second kappa shape index (κ2) is 5.84. The van der Waals surface area contributed by atoms with E-state index in [4.69, 9.17) is 4.74 Å². The predicted octanol–water partition coefficient (Wildman–Crippen LogP) is 3.25. The molecule has 0 bridgehead atoms. The summed E-state index contributed by atoms with van der Waals surface area (Å²) in [5, 5.41) is 10.6. The lowest BCUT2D eigenvalue weighted by molar-refractivity contribution is -0.384. The molecule has 2 aromatic rings. The summed E-state index contributed by atoms with van der Waals surface area (Å²) in [4.78, 5) is 26.3. The first-order valence-electron chi connectivity index (χ1n) is 6.87. The Hall–Kier alpha value is -3.28. The number of aryl methyl sites for hydroxylation is 1. The monoisotopic (exact) mass is 308 g/mol. The molecule has 1 aliphatic rings. The number of esters is 1. The van der Waals surface area contributed by atoms with Gasteiger partial charge in [-0.05, 0) is 42.8 Å². The van der Waals surface area contributed by atoms with Crippen LogP contribution in [0.15, 0.2) is 59.2 Å². The van der Waals surface area contributed by atoms with Crippen LogP contribution in [0.25, 0.3) is 6.08 Å². The van der Waals surface area contributed by atoms with Crippen molar-refractivity contribution in [3.63, 3.8) is 0 Å². The van der Waals surface area contributed by atoms with Gasteiger partial charge in [-0.15, -0.1) is 0 Å². The highest BCUT2D eigenvalue weighted by Crippen LogP contribution is 2.20. The Kier molecular flexibility index (Phi) is 3.72. The van der Waals surface area contributed by atoms with Gasteiger partial charge in [0.25, 0.3) is 5.69 Å². The number of rotatable bonds is 3. The molecule has 0 aromatic heterocycles. The molecule has 3 rings (SSSR count). The number of benzene rings is 2. The van der Waals surface area contributed by atoms with Crippen molar-refractivity contribution in [1.29, 1.82) is 0 Å². The molecule has 0 amide bonds. The van der Waals surface area contributed by atoms with Crippen LogP contribution >= 0.6 is 0 Å². The van der Waals surface area contributed by atoms with Gasteiger partial charge in [-0.2, -0.15) is 0 Å². The predicted molar refractivity (Wildman–Crippen MR) is 84.9 cm³/mol. The van der Waals surface area contributed by atoms with E-state index in [9.17, 15) is 14.9 Å². The van der Waals surface area contributed by atoms with Crippen LogP contribution in [0.3, 0.4) is 0 Å². The molecule has 114 valence electrons. The third-order valence-electron chi connectivity index (χ3n) is 3.29. The maximum Gasteiger partial charge on any atom is 0.363 e. The number of nitro groups is 1. The van der Waals surface area contributed by atoms with Crippen LogP contribution in [0.4, 0.5) is 5.69 Å². The second-order valence-electron chi connectivity index (χ2n) is 5.05. The quantitative estimate of drug-likeness (QED) is 0.377. The Morgan fingerprint density at radius 1 is 1.17 bits per heavy atom. The average Bonchev–Trinajstić information content (AvgIpc) is 2.89. The number of nitro benzene ring substituents is 1. The highest BCUT2D eigenvalue weighted by molar-refractivity contribution is 6.12. The van der Waals surface area contributed by atoms with Gasteiger partial charge in [0, 0.05) is 17.7 Å². The number of nitrogens with zero attached hydrogens (tertiary/aromatic N) is 2. The maximum absolute atomic E-state index is 11.9. The normalized spacial score (nSPS) is 15.4. The van der Waals surface area contributed by atoms with Gasteiger partial charge in [-0.3, -0.25) is 10.1 Å². The van der Waals surface area contributed by atoms with E-state index in [0.29, 0.717) is 5.56 Å². The molecule has 0 N–H and O–H groups in total. The van der Waals surface area contributed by atoms with Crippen molar-refractivity contribution in [3.05, 3.63) is 81.0 Å². The van der Waals surface area contributed by atoms with E-state index in [2.05, 4.69) is 4.99 Å². The molecule has 2 aromatic carbocycles. The van der Waals surface area contributed by atoms with E-state index < -0.39 is 10.9 Å². The number of aliphatic imine (C=N–C) groups is 1. The molecule has 1 aliphatic heterocycles. The van der Waals surface area contributed by atoms with Crippen LogP contribution < -0.4 is 0 Å². The summed E-state index contributed by atoms with van der Waals surface area (Å²) in [6.45, 7) is 1.94. The van der Waals surface area contributed by atoms with Crippen molar-refractivity contribution in [2.24, 2.45) is 4.99 Å². The standard InChI is InChI=1S/C17H12N2O4/c1-11-3-2-4-13(9-11)16-18-15(17(20)23-16)10-12-5-7-14(8-6-12)19(21)22/h2-10H,1H3. The molecule has 6 nitrogen and oxygen atoms in total. The first-order chi connectivity index (χ1) is 11.0. The molecule has 0 spiro atoms. The third-order valence-corrected chi connectivity index (χ3v) is 3.29. The summed E-state index contributed by atoms with van der Waals surface area (Å²) in [5.74, 6) is -0.285. The number of hydrogen-bond acceptors (Lipinski definition) is 5. The molecule has 1 heterocycles. The molecule has 0 aliphatic carbocycles. The third kappa shape index (κ3) is 3.16. The minimum absolute atomic E-state index is 0.00917. The number of non-ortho nitro benzene ring substituents is 1. The molecule has 0 unspecified atom stereocenters. The van der Waals surface area contributed by atoms with Gasteiger partial charge in [-0.1, -0.05) is 17.7 Å². The lowest BCUT2D eigenvalue weighted by Crippen LogP contribution is -2.05. The first-order valence-corrected chi connectivity index (χ1v) is 6.87. The van der Waals surface area contributed by atoms with E-state index in [1.165, 1.54) is 18.2 Å². The Morgan fingerprint density at radius 2 is 1.91 bits per heavy atom. The molecule has 0 saturated carbocycles. The Morgan fingerprint density at radius 3 is 2.57 bits per heavy atom. The van der Waals surface area contributed by atoms with E-state index in [0.717, 1.165) is 11.1 Å². The second-order valence-corrected chi connectivity index (χ2v) is 5.05. The number of cyclic esters (lactones) is 1. The van der Waals surface area contributed by atoms with E-state index in [1.807, 2.05) is 31.2 Å². The molecule has 0 saturated heterocycles. The van der Waals surface area contributed by atoms with Crippen LogP contribution in [0.2, 0.25) is 0 Å². The number of ether oxygens (including phenoxy) is 1. The highest BCUT2D eigenvalue weighted by atomic mass is 16.6. The Balaban J connectivity index is 1.90. The fourth-order valence-corrected chi connectivity index (χ4v) is 2.16. The van der Waals surface area contributed by atoms with Gasteiger partial charge in [-0.25, -0.2) is 9.79 Å². The maximum atomic E-state index is 11.9. The SMILES string of the molecule is Cc1cccc(C2=NC(=Cc3ccc([N+](=O)[O-])cc3)C(=O)O2)c1. The fraction of sp³-hybridized carbons (Fsp3) is 0.0588. The molecule has 23 heavy (non-hydrogen) atoms. The zero-order valence-corrected chi connectivity index (χ0v) is 12.2. The minimum atomic E-state index is -0.542. The molecule has 0 fully saturated rings. The van der Waals surface area contributed by atoms with Crippen molar-refractivity contribution in [2.45, 2.75) is 6.92 Å². The van der Waals surface area contributed by atoms with Crippen LogP contribution in [0.5, 0.6) is 0 Å². The summed E-state index contributed by atoms with van der Waals surface area (Å²) < 4.78 is 5.18. The molecule has 0 radical (unpaired) electrons. The highest BCUT2D eigenvalue weighted by Gasteiger charge is 2.24. The van der Waals surface area contributed by atoms with Crippen LogP contribution in [0, 0.1) is 17.0 Å². The van der Waals surface area contributed by atoms with Gasteiger partial charge in [0.05, 0.1) is 4.92 Å². The van der Waals surface area contributed by atoms with Crippen molar-refractivity contribution in [3.8, 4) is 0 Å². The Labute approximate surface area is 131 Å². The first kappa shape index (κ1) is 14.6. The molecule has 6 heteroatoms. The Bertz CT molecular complexity index is 851. The van der Waals surface area contributed by atoms with Gasteiger partial charge in [0.15, 0.2) is 5.70 Å². The summed E-state index contributed by atoms with van der Waals surface area (Å²) in [6.07, 6.45) is 1.54. The van der Waals surface area contributed by atoms with Crippen molar-refractivity contribution >= 4 is 23.6 Å². The summed E-state index contributed by atoms with van der Waals surface area (Å²) in [6, 6.07) is 13.3. The number of carbonyl (C=O) groups is 1. The van der Waals surface area contributed by atoms with E-state index >= 15 is 0 Å². The van der Waals surface area contributed by atoms with Crippen LogP contribution in [-0.4, -0.2) is 16.8 Å². The minimum Gasteiger partial charge on any atom is -0.402 e. The lowest BCUT2D eigenvalue weighted by Gasteiger charge is -1.99. The van der Waals surface area contributed by atoms with E-state index in [1.54, 1.807) is 12.1 Å². The summed E-state index contributed by atoms with van der Waals surface area (Å²) in [5.41, 5.74) is 2.55. The largest absolute Gasteiger partial charge is 0.402 e. The summed E-state index contributed by atoms with van der Waals surface area (Å²) >= 11 is 0. The van der Waals surface area contributed by atoms with Gasteiger partial charge in [0.2, 0.25) is 5.90 Å². The molecular formula is C17H12N2O4. The van der Waals surface area contributed by atoms with Crippen LogP contribution in [-0.2, 0) is 9.53 Å². The number of hydrogen-bond donors (Lipinski definition) is 0. The van der Waals surface area contributed by atoms with Crippen molar-refractivity contribution in [2.75, 3.05) is 0 Å². The van der Waals surface area contributed by atoms with Crippen molar-refractivity contribution in [1.82, 2.24) is 0 Å². The zero-order valence-electron chi connectivity index (χ0n) is 12.2. The molecular weight excluding hydrogens is 296 g/mol. The van der Waals surface area contributed by atoms with Crippen molar-refractivity contribution < 1.29 is 14.5 Å².